The highest BCUT2D eigenvalue weighted by Gasteiger charge is 2.36. The lowest BCUT2D eigenvalue weighted by molar-refractivity contribution is -0.144. The maximum absolute atomic E-state index is 13.3. The molecule has 1 heterocycles. The minimum Gasteiger partial charge on any atom is -0.465 e. The molecule has 0 aliphatic rings. The lowest BCUT2D eigenvalue weighted by Crippen LogP contribution is -2.39. The van der Waals surface area contributed by atoms with Gasteiger partial charge in [0.05, 0.1) is 23.0 Å². The van der Waals surface area contributed by atoms with Crippen LogP contribution in [0.3, 0.4) is 0 Å². The van der Waals surface area contributed by atoms with Gasteiger partial charge in [-0.2, -0.15) is 18.3 Å². The van der Waals surface area contributed by atoms with E-state index in [1.54, 1.807) is 13.0 Å². The Hall–Kier alpha value is -1.83. The number of esters is 1. The van der Waals surface area contributed by atoms with Crippen molar-refractivity contribution < 1.29 is 22.7 Å². The van der Waals surface area contributed by atoms with Crippen molar-refractivity contribution in [3.05, 3.63) is 23.8 Å². The highest BCUT2D eigenvalue weighted by Crippen LogP contribution is 2.34. The lowest BCUT2D eigenvalue weighted by Gasteiger charge is -2.13. The van der Waals surface area contributed by atoms with Crippen LogP contribution in [0.2, 0.25) is 19.6 Å². The van der Waals surface area contributed by atoms with Gasteiger partial charge in [0.25, 0.3) is 0 Å². The first-order chi connectivity index (χ1) is 10.6. The largest absolute Gasteiger partial charge is 0.465 e. The van der Waals surface area contributed by atoms with Crippen LogP contribution in [0.25, 0.3) is 10.9 Å². The molecule has 2 aromatic rings. The summed E-state index contributed by atoms with van der Waals surface area (Å²) in [5.74, 6) is -0.601. The molecule has 1 aromatic heterocycles. The van der Waals surface area contributed by atoms with Gasteiger partial charge in [-0.15, -0.1) is 0 Å². The van der Waals surface area contributed by atoms with Crippen molar-refractivity contribution in [2.24, 2.45) is 0 Å². The summed E-state index contributed by atoms with van der Waals surface area (Å²) in [6.07, 6.45) is -4.51. The van der Waals surface area contributed by atoms with Crippen molar-refractivity contribution in [3.8, 4) is 0 Å². The van der Waals surface area contributed by atoms with Crippen molar-refractivity contribution in [1.82, 2.24) is 9.78 Å². The molecule has 0 atom stereocenters. The number of fused-ring (bicyclic) bond motifs is 1. The van der Waals surface area contributed by atoms with Crippen molar-refractivity contribution >= 4 is 30.3 Å². The van der Waals surface area contributed by atoms with E-state index in [4.69, 9.17) is 4.74 Å². The topological polar surface area (TPSA) is 44.1 Å². The molecule has 1 aromatic carbocycles. The van der Waals surface area contributed by atoms with Crippen LogP contribution in [0.1, 0.15) is 12.5 Å². The molecular formula is C15H19F3N2O2Si. The minimum atomic E-state index is -4.51. The SMILES string of the molecule is CCOC(=O)Cn1nc([Si](C)(C)C)c2cccc(C(F)(F)F)c21. The van der Waals surface area contributed by atoms with Crippen LogP contribution in [0.15, 0.2) is 18.2 Å². The number of halogens is 3. The molecule has 126 valence electrons. The molecule has 0 spiro atoms. The van der Waals surface area contributed by atoms with Gasteiger partial charge in [0, 0.05) is 5.39 Å². The molecule has 0 N–H and O–H groups in total. The van der Waals surface area contributed by atoms with Crippen LogP contribution in [0.5, 0.6) is 0 Å². The summed E-state index contributed by atoms with van der Waals surface area (Å²) in [6, 6.07) is 4.03. The molecule has 0 bridgehead atoms. The quantitative estimate of drug-likeness (QED) is 0.632. The fourth-order valence-electron chi connectivity index (χ4n) is 2.46. The second-order valence-corrected chi connectivity index (χ2v) is 11.2. The third-order valence-electron chi connectivity index (χ3n) is 3.37. The Kier molecular flexibility index (Phi) is 4.56. The number of nitrogens with zero attached hydrogens (tertiary/aromatic N) is 2. The third-order valence-corrected chi connectivity index (χ3v) is 5.16. The first-order valence-corrected chi connectivity index (χ1v) is 10.8. The fourth-order valence-corrected chi connectivity index (χ4v) is 3.89. The zero-order chi connectivity index (χ0) is 17.4. The highest BCUT2D eigenvalue weighted by molar-refractivity contribution is 6.89. The monoisotopic (exact) mass is 344 g/mol. The van der Waals surface area contributed by atoms with E-state index in [1.165, 1.54) is 6.07 Å². The van der Waals surface area contributed by atoms with Crippen LogP contribution >= 0.6 is 0 Å². The predicted molar refractivity (Wildman–Crippen MR) is 84.3 cm³/mol. The van der Waals surface area contributed by atoms with Crippen molar-refractivity contribution in [2.75, 3.05) is 6.61 Å². The number of carbonyl (C=O) groups excluding carboxylic acids is 1. The number of aromatic nitrogens is 2. The maximum Gasteiger partial charge on any atom is 0.418 e. The van der Waals surface area contributed by atoms with Crippen LogP contribution in [-0.2, 0) is 22.3 Å². The number of benzene rings is 1. The number of hydrogen-bond donors (Lipinski definition) is 0. The first kappa shape index (κ1) is 17.5. The second kappa shape index (κ2) is 5.99. The van der Waals surface area contributed by atoms with E-state index in [1.807, 2.05) is 19.6 Å². The maximum atomic E-state index is 13.3. The van der Waals surface area contributed by atoms with Gasteiger partial charge in [-0.25, -0.2) is 0 Å². The highest BCUT2D eigenvalue weighted by atomic mass is 28.3. The zero-order valence-electron chi connectivity index (χ0n) is 13.5. The van der Waals surface area contributed by atoms with Gasteiger partial charge in [0.2, 0.25) is 0 Å². The number of para-hydroxylation sites is 1. The number of rotatable bonds is 4. The summed E-state index contributed by atoms with van der Waals surface area (Å²) < 4.78 is 46.0. The van der Waals surface area contributed by atoms with E-state index in [0.717, 1.165) is 10.7 Å². The average molecular weight is 344 g/mol. The molecular weight excluding hydrogens is 325 g/mol. The van der Waals surface area contributed by atoms with Gasteiger partial charge < -0.3 is 4.74 Å². The van der Waals surface area contributed by atoms with Gasteiger partial charge in [-0.3, -0.25) is 9.48 Å². The molecule has 0 aliphatic carbocycles. The lowest BCUT2D eigenvalue weighted by atomic mass is 10.1. The summed E-state index contributed by atoms with van der Waals surface area (Å²) in [4.78, 5) is 11.7. The smallest absolute Gasteiger partial charge is 0.418 e. The van der Waals surface area contributed by atoms with E-state index >= 15 is 0 Å². The minimum absolute atomic E-state index is 0.0505. The van der Waals surface area contributed by atoms with Crippen LogP contribution in [0.4, 0.5) is 13.2 Å². The zero-order valence-corrected chi connectivity index (χ0v) is 14.5. The van der Waals surface area contributed by atoms with Gasteiger partial charge in [-0.05, 0) is 13.0 Å². The average Bonchev–Trinajstić information content (AvgIpc) is 2.76. The van der Waals surface area contributed by atoms with Gasteiger partial charge in [0.15, 0.2) is 0 Å². The Balaban J connectivity index is 2.72. The van der Waals surface area contributed by atoms with E-state index < -0.39 is 25.8 Å². The Morgan fingerprint density at radius 1 is 1.30 bits per heavy atom. The summed E-state index contributed by atoms with van der Waals surface area (Å²) in [6.45, 7) is 7.50. The summed E-state index contributed by atoms with van der Waals surface area (Å²) in [5.41, 5.74) is -0.832. The van der Waals surface area contributed by atoms with E-state index in [9.17, 15) is 18.0 Å². The molecule has 0 aliphatic heterocycles. The Morgan fingerprint density at radius 2 is 1.96 bits per heavy atom. The molecule has 2 rings (SSSR count). The molecule has 0 fully saturated rings. The summed E-state index contributed by atoms with van der Waals surface area (Å²) >= 11 is 0. The molecule has 8 heteroatoms. The van der Waals surface area contributed by atoms with Crippen molar-refractivity contribution in [3.63, 3.8) is 0 Å². The molecule has 4 nitrogen and oxygen atoms in total. The van der Waals surface area contributed by atoms with Gasteiger partial charge in [0.1, 0.15) is 14.6 Å². The van der Waals surface area contributed by atoms with Gasteiger partial charge in [-0.1, -0.05) is 31.8 Å². The van der Waals surface area contributed by atoms with Crippen molar-refractivity contribution in [1.29, 1.82) is 0 Å². The summed E-state index contributed by atoms with van der Waals surface area (Å²) in [5, 5.41) is 5.45. The van der Waals surface area contributed by atoms with Crippen LogP contribution < -0.4 is 5.32 Å². The molecule has 0 saturated carbocycles. The molecule has 0 radical (unpaired) electrons. The third kappa shape index (κ3) is 3.57. The van der Waals surface area contributed by atoms with Crippen LogP contribution in [0, 0.1) is 0 Å². The molecule has 23 heavy (non-hydrogen) atoms. The second-order valence-electron chi connectivity index (χ2n) is 6.26. The summed E-state index contributed by atoms with van der Waals surface area (Å²) in [7, 11) is -1.98. The Morgan fingerprint density at radius 3 is 2.48 bits per heavy atom. The number of hydrogen-bond acceptors (Lipinski definition) is 3. The Labute approximate surface area is 133 Å². The molecule has 0 amide bonds. The Bertz CT molecular complexity index is 733. The number of carbonyl (C=O) groups is 1. The molecule has 0 saturated heterocycles. The van der Waals surface area contributed by atoms with E-state index in [0.29, 0.717) is 10.7 Å². The number of ether oxygens (including phenoxy) is 1. The fraction of sp³-hybridized carbons (Fsp3) is 0.467. The van der Waals surface area contributed by atoms with Gasteiger partial charge >= 0.3 is 12.1 Å². The van der Waals surface area contributed by atoms with E-state index in [2.05, 4.69) is 5.10 Å². The molecule has 0 unspecified atom stereocenters. The van der Waals surface area contributed by atoms with Crippen LogP contribution in [-0.4, -0.2) is 30.4 Å². The first-order valence-electron chi connectivity index (χ1n) is 7.28. The predicted octanol–water partition coefficient (Wildman–Crippen LogP) is 3.16. The normalized spacial score (nSPS) is 12.7. The van der Waals surface area contributed by atoms with E-state index in [-0.39, 0.29) is 18.7 Å². The number of alkyl halides is 3. The standard InChI is InChI=1S/C15H19F3N2O2Si/c1-5-22-12(21)9-20-13-10(14(19-20)23(2,3)4)7-6-8-11(13)15(16,17)18/h6-8H,5,9H2,1-4H3. The van der Waals surface area contributed by atoms with Crippen molar-refractivity contribution in [2.45, 2.75) is 39.3 Å².